The summed E-state index contributed by atoms with van der Waals surface area (Å²) >= 11 is 0. The molecule has 0 fully saturated rings. The molecule has 0 amide bonds. The van der Waals surface area contributed by atoms with Crippen LogP contribution in [0.4, 0.5) is 0 Å². The number of rotatable bonds is 5. The monoisotopic (exact) mass is 192 g/mol. The van der Waals surface area contributed by atoms with Crippen molar-refractivity contribution in [2.45, 2.75) is 12.5 Å². The van der Waals surface area contributed by atoms with Crippen LogP contribution in [-0.2, 0) is 4.79 Å². The molecule has 0 radical (unpaired) electrons. The van der Waals surface area contributed by atoms with Gasteiger partial charge in [0.1, 0.15) is 5.75 Å². The maximum Gasteiger partial charge on any atom is 0.345 e. The zero-order chi connectivity index (χ0) is 10.4. The summed E-state index contributed by atoms with van der Waals surface area (Å²) in [4.78, 5) is 10.7. The summed E-state index contributed by atoms with van der Waals surface area (Å²) in [5.74, 6) is -0.421. The van der Waals surface area contributed by atoms with Gasteiger partial charge in [0.15, 0.2) is 6.10 Å². The zero-order valence-electron chi connectivity index (χ0n) is 7.72. The van der Waals surface area contributed by atoms with E-state index in [4.69, 9.17) is 9.84 Å². The molecule has 0 spiro atoms. The topological polar surface area (TPSA) is 46.5 Å². The van der Waals surface area contributed by atoms with Crippen LogP contribution >= 0.6 is 0 Å². The predicted molar refractivity (Wildman–Crippen MR) is 53.3 cm³/mol. The number of ether oxygens (including phenoxy) is 1. The molecule has 0 saturated heterocycles. The Hall–Kier alpha value is -1.77. The molecule has 0 heterocycles. The van der Waals surface area contributed by atoms with Gasteiger partial charge in [0.05, 0.1) is 0 Å². The smallest absolute Gasteiger partial charge is 0.345 e. The molecule has 0 aromatic heterocycles. The predicted octanol–water partition coefficient (Wildman–Crippen LogP) is 2.09. The normalized spacial score (nSPS) is 11.7. The largest absolute Gasteiger partial charge is 0.478 e. The van der Waals surface area contributed by atoms with Gasteiger partial charge in [0.2, 0.25) is 0 Å². The highest BCUT2D eigenvalue weighted by Crippen LogP contribution is 2.12. The van der Waals surface area contributed by atoms with Crippen LogP contribution in [-0.4, -0.2) is 17.2 Å². The van der Waals surface area contributed by atoms with E-state index in [1.54, 1.807) is 24.3 Å². The first-order valence-electron chi connectivity index (χ1n) is 4.29. The first kappa shape index (κ1) is 10.3. The molecular formula is C11H12O3. The van der Waals surface area contributed by atoms with Crippen molar-refractivity contribution in [3.05, 3.63) is 43.0 Å². The zero-order valence-corrected chi connectivity index (χ0v) is 7.72. The van der Waals surface area contributed by atoms with E-state index in [0.29, 0.717) is 12.2 Å². The van der Waals surface area contributed by atoms with Crippen LogP contribution in [0.1, 0.15) is 6.42 Å². The summed E-state index contributed by atoms with van der Waals surface area (Å²) in [7, 11) is 0. The number of hydrogen-bond acceptors (Lipinski definition) is 2. The Morgan fingerprint density at radius 1 is 1.50 bits per heavy atom. The van der Waals surface area contributed by atoms with Gasteiger partial charge in [-0.2, -0.15) is 0 Å². The number of carboxylic acid groups (broad SMARTS) is 1. The first-order chi connectivity index (χ1) is 6.74. The molecule has 3 heteroatoms. The summed E-state index contributed by atoms with van der Waals surface area (Å²) in [5, 5.41) is 8.79. The van der Waals surface area contributed by atoms with Gasteiger partial charge in [-0.1, -0.05) is 24.3 Å². The molecule has 1 aromatic rings. The van der Waals surface area contributed by atoms with Crippen LogP contribution < -0.4 is 4.74 Å². The first-order valence-corrected chi connectivity index (χ1v) is 4.29. The van der Waals surface area contributed by atoms with Crippen molar-refractivity contribution in [2.24, 2.45) is 0 Å². The number of carboxylic acids is 1. The Kier molecular flexibility index (Phi) is 3.73. The minimum absolute atomic E-state index is 0.296. The maximum absolute atomic E-state index is 10.7. The SMILES string of the molecule is C=CC[C@H](Oc1ccccc1)C(=O)O. The summed E-state index contributed by atoms with van der Waals surface area (Å²) < 4.78 is 5.25. The molecule has 0 aliphatic rings. The third-order valence-electron chi connectivity index (χ3n) is 1.68. The van der Waals surface area contributed by atoms with Gasteiger partial charge in [0, 0.05) is 6.42 Å². The standard InChI is InChI=1S/C11H12O3/c1-2-6-10(11(12)13)14-9-7-4-3-5-8-9/h2-5,7-8,10H,1,6H2,(H,12,13)/t10-/m0/s1. The molecule has 1 aromatic carbocycles. The molecule has 0 aliphatic carbocycles. The highest BCUT2D eigenvalue weighted by atomic mass is 16.5. The molecule has 74 valence electrons. The molecule has 1 atom stereocenters. The Morgan fingerprint density at radius 2 is 2.14 bits per heavy atom. The fourth-order valence-corrected chi connectivity index (χ4v) is 1.01. The van der Waals surface area contributed by atoms with Crippen LogP contribution in [0.2, 0.25) is 0 Å². The molecule has 0 bridgehead atoms. The van der Waals surface area contributed by atoms with Crippen LogP contribution in [0.25, 0.3) is 0 Å². The second-order valence-corrected chi connectivity index (χ2v) is 2.78. The highest BCUT2D eigenvalue weighted by molar-refractivity contribution is 5.73. The quantitative estimate of drug-likeness (QED) is 0.726. The van der Waals surface area contributed by atoms with E-state index in [1.165, 1.54) is 6.08 Å². The number of hydrogen-bond donors (Lipinski definition) is 1. The summed E-state index contributed by atoms with van der Waals surface area (Å²) in [6.07, 6.45) is 0.973. The number of carbonyl (C=O) groups is 1. The van der Waals surface area contributed by atoms with E-state index in [-0.39, 0.29) is 0 Å². The van der Waals surface area contributed by atoms with Gasteiger partial charge in [-0.3, -0.25) is 0 Å². The number of benzene rings is 1. The van der Waals surface area contributed by atoms with Crippen molar-refractivity contribution >= 4 is 5.97 Å². The third kappa shape index (κ3) is 2.94. The van der Waals surface area contributed by atoms with Gasteiger partial charge in [-0.15, -0.1) is 6.58 Å². The Labute approximate surface area is 82.6 Å². The van der Waals surface area contributed by atoms with Gasteiger partial charge in [-0.25, -0.2) is 4.79 Å². The highest BCUT2D eigenvalue weighted by Gasteiger charge is 2.16. The lowest BCUT2D eigenvalue weighted by Gasteiger charge is -2.12. The van der Waals surface area contributed by atoms with E-state index in [2.05, 4.69) is 6.58 Å². The second-order valence-electron chi connectivity index (χ2n) is 2.78. The van der Waals surface area contributed by atoms with Gasteiger partial charge in [-0.05, 0) is 12.1 Å². The molecule has 0 aliphatic heterocycles. The van der Waals surface area contributed by atoms with E-state index < -0.39 is 12.1 Å². The van der Waals surface area contributed by atoms with Gasteiger partial charge in [0.25, 0.3) is 0 Å². The maximum atomic E-state index is 10.7. The molecule has 3 nitrogen and oxygen atoms in total. The lowest BCUT2D eigenvalue weighted by Crippen LogP contribution is -2.26. The molecule has 0 saturated carbocycles. The third-order valence-corrected chi connectivity index (χ3v) is 1.68. The van der Waals surface area contributed by atoms with Gasteiger partial charge >= 0.3 is 5.97 Å². The van der Waals surface area contributed by atoms with Crippen LogP contribution in [0.5, 0.6) is 5.75 Å². The van der Waals surface area contributed by atoms with Crippen molar-refractivity contribution < 1.29 is 14.6 Å². The average molecular weight is 192 g/mol. The van der Waals surface area contributed by atoms with Crippen LogP contribution in [0.15, 0.2) is 43.0 Å². The summed E-state index contributed by atoms with van der Waals surface area (Å²) in [5.41, 5.74) is 0. The fourth-order valence-electron chi connectivity index (χ4n) is 1.01. The summed E-state index contributed by atoms with van der Waals surface area (Å²) in [6, 6.07) is 8.87. The second kappa shape index (κ2) is 5.07. The molecular weight excluding hydrogens is 180 g/mol. The average Bonchev–Trinajstić information content (AvgIpc) is 2.18. The van der Waals surface area contributed by atoms with Crippen molar-refractivity contribution in [1.29, 1.82) is 0 Å². The number of aliphatic carboxylic acids is 1. The summed E-state index contributed by atoms with van der Waals surface area (Å²) in [6.45, 7) is 3.48. The Bertz CT molecular complexity index is 306. The van der Waals surface area contributed by atoms with Crippen LogP contribution in [0, 0.1) is 0 Å². The molecule has 14 heavy (non-hydrogen) atoms. The van der Waals surface area contributed by atoms with E-state index >= 15 is 0 Å². The van der Waals surface area contributed by atoms with E-state index in [9.17, 15) is 4.79 Å². The lowest BCUT2D eigenvalue weighted by atomic mass is 10.2. The molecule has 1 N–H and O–H groups in total. The molecule has 0 unspecified atom stereocenters. The van der Waals surface area contributed by atoms with E-state index in [1.807, 2.05) is 6.07 Å². The fraction of sp³-hybridized carbons (Fsp3) is 0.182. The molecule has 1 rings (SSSR count). The number of para-hydroxylation sites is 1. The Balaban J connectivity index is 2.64. The minimum Gasteiger partial charge on any atom is -0.478 e. The Morgan fingerprint density at radius 3 is 2.64 bits per heavy atom. The van der Waals surface area contributed by atoms with Crippen molar-refractivity contribution in [3.63, 3.8) is 0 Å². The van der Waals surface area contributed by atoms with E-state index in [0.717, 1.165) is 0 Å². The van der Waals surface area contributed by atoms with Crippen molar-refractivity contribution in [3.8, 4) is 5.75 Å². The minimum atomic E-state index is -0.978. The van der Waals surface area contributed by atoms with Gasteiger partial charge < -0.3 is 9.84 Å². The van der Waals surface area contributed by atoms with Crippen molar-refractivity contribution in [1.82, 2.24) is 0 Å². The lowest BCUT2D eigenvalue weighted by molar-refractivity contribution is -0.144. The van der Waals surface area contributed by atoms with Crippen LogP contribution in [0.3, 0.4) is 0 Å². The van der Waals surface area contributed by atoms with Crippen molar-refractivity contribution in [2.75, 3.05) is 0 Å².